The lowest BCUT2D eigenvalue weighted by Crippen LogP contribution is -2.40. The van der Waals surface area contributed by atoms with Crippen molar-refractivity contribution in [3.05, 3.63) is 41.1 Å². The van der Waals surface area contributed by atoms with Gasteiger partial charge in [-0.05, 0) is 67.6 Å². The number of hydrogen-bond donors (Lipinski definition) is 2. The lowest BCUT2D eigenvalue weighted by atomic mass is 9.70. The molecule has 2 aliphatic carbocycles. The van der Waals surface area contributed by atoms with Crippen LogP contribution in [0.5, 0.6) is 5.75 Å². The van der Waals surface area contributed by atoms with Crippen molar-refractivity contribution in [2.75, 3.05) is 13.7 Å². The van der Waals surface area contributed by atoms with Gasteiger partial charge in [-0.2, -0.15) is 0 Å². The zero-order valence-electron chi connectivity index (χ0n) is 21.2. The van der Waals surface area contributed by atoms with Gasteiger partial charge in [-0.25, -0.2) is 0 Å². The summed E-state index contributed by atoms with van der Waals surface area (Å²) in [5, 5.41) is 14.1. The van der Waals surface area contributed by atoms with Crippen molar-refractivity contribution in [1.29, 1.82) is 0 Å². The zero-order chi connectivity index (χ0) is 24.5. The Morgan fingerprint density at radius 2 is 1.79 bits per heavy atom. The number of aliphatic hydroxyl groups is 1. The van der Waals surface area contributed by atoms with Gasteiger partial charge in [0.25, 0.3) is 0 Å². The fraction of sp³-hybridized carbons (Fsp3) is 0.655. The van der Waals surface area contributed by atoms with Gasteiger partial charge < -0.3 is 15.2 Å². The molecule has 2 N–H and O–H groups in total. The predicted octanol–water partition coefficient (Wildman–Crippen LogP) is 4.86. The summed E-state index contributed by atoms with van der Waals surface area (Å²) in [4.78, 5) is 27.1. The minimum Gasteiger partial charge on any atom is -0.497 e. The second kappa shape index (κ2) is 10.2. The quantitative estimate of drug-likeness (QED) is 0.507. The van der Waals surface area contributed by atoms with Gasteiger partial charge in [-0.15, -0.1) is 0 Å². The van der Waals surface area contributed by atoms with Crippen molar-refractivity contribution in [3.8, 4) is 5.75 Å². The molecule has 0 amide bonds. The summed E-state index contributed by atoms with van der Waals surface area (Å²) in [5.41, 5.74) is 2.83. The number of rotatable bonds is 9. The second-order valence-electron chi connectivity index (χ2n) is 11.2. The first kappa shape index (κ1) is 25.0. The van der Waals surface area contributed by atoms with Crippen molar-refractivity contribution < 1.29 is 19.4 Å². The van der Waals surface area contributed by atoms with E-state index in [1.54, 1.807) is 7.11 Å². The van der Waals surface area contributed by atoms with Gasteiger partial charge in [-0.3, -0.25) is 9.59 Å². The number of ether oxygens (including phenoxy) is 1. The summed E-state index contributed by atoms with van der Waals surface area (Å²) in [7, 11) is 1.66. The number of allylic oxidation sites excluding steroid dienone is 1. The normalized spacial score (nSPS) is 28.4. The van der Waals surface area contributed by atoms with E-state index in [4.69, 9.17) is 4.74 Å². The minimum atomic E-state index is -0.528. The standard InChI is InChI=1S/C29H41NO4/c1-5-21-27(32)23(14-18(2)3)26-25(28(21)33)22(15-19-8-10-20(34-4)11-9-19)24(30-26)16-29(17-31)12-6-7-13-29/h8-11,18,21-24,30-31H,5-7,12-17H2,1-4H3. The summed E-state index contributed by atoms with van der Waals surface area (Å²) < 4.78 is 5.33. The maximum Gasteiger partial charge on any atom is 0.171 e. The second-order valence-corrected chi connectivity index (χ2v) is 11.2. The molecule has 0 radical (unpaired) electrons. The van der Waals surface area contributed by atoms with Crippen LogP contribution in [0.2, 0.25) is 0 Å². The third-order valence-corrected chi connectivity index (χ3v) is 8.49. The van der Waals surface area contributed by atoms with Gasteiger partial charge in [0.05, 0.1) is 18.9 Å². The predicted molar refractivity (Wildman–Crippen MR) is 133 cm³/mol. The van der Waals surface area contributed by atoms with Crippen LogP contribution in [0.3, 0.4) is 0 Å². The Labute approximate surface area is 204 Å². The lowest BCUT2D eigenvalue weighted by Gasteiger charge is -2.33. The summed E-state index contributed by atoms with van der Waals surface area (Å²) in [6.45, 7) is 6.43. The van der Waals surface area contributed by atoms with Crippen LogP contribution < -0.4 is 10.1 Å². The molecule has 5 nitrogen and oxygen atoms in total. The Kier molecular flexibility index (Phi) is 7.51. The van der Waals surface area contributed by atoms with E-state index < -0.39 is 5.92 Å². The number of hydrogen-bond acceptors (Lipinski definition) is 5. The van der Waals surface area contributed by atoms with Crippen LogP contribution in [0, 0.1) is 29.1 Å². The first-order chi connectivity index (χ1) is 16.3. The average Bonchev–Trinajstić information content (AvgIpc) is 3.43. The van der Waals surface area contributed by atoms with Crippen molar-refractivity contribution >= 4 is 11.6 Å². The first-order valence-electron chi connectivity index (χ1n) is 13.1. The van der Waals surface area contributed by atoms with E-state index in [0.29, 0.717) is 12.3 Å². The summed E-state index contributed by atoms with van der Waals surface area (Å²) in [5.74, 6) is 0.561. The molecule has 1 heterocycles. The largest absolute Gasteiger partial charge is 0.497 e. The van der Waals surface area contributed by atoms with Crippen LogP contribution in [-0.4, -0.2) is 36.4 Å². The fourth-order valence-corrected chi connectivity index (χ4v) is 6.65. The Hall–Kier alpha value is -2.14. The molecule has 1 aromatic carbocycles. The first-order valence-corrected chi connectivity index (χ1v) is 13.1. The van der Waals surface area contributed by atoms with Crippen molar-refractivity contribution in [2.45, 2.75) is 78.2 Å². The smallest absolute Gasteiger partial charge is 0.171 e. The number of benzene rings is 1. The molecule has 186 valence electrons. The van der Waals surface area contributed by atoms with E-state index in [9.17, 15) is 14.7 Å². The highest BCUT2D eigenvalue weighted by Crippen LogP contribution is 2.48. The summed E-state index contributed by atoms with van der Waals surface area (Å²) >= 11 is 0. The van der Waals surface area contributed by atoms with E-state index in [2.05, 4.69) is 31.3 Å². The van der Waals surface area contributed by atoms with Gasteiger partial charge in [0.2, 0.25) is 0 Å². The molecule has 5 heteroatoms. The molecule has 4 rings (SSSR count). The number of nitrogens with one attached hydrogen (secondary N) is 1. The zero-order valence-corrected chi connectivity index (χ0v) is 21.2. The molecular weight excluding hydrogens is 426 g/mol. The molecule has 1 saturated carbocycles. The molecule has 0 aromatic heterocycles. The topological polar surface area (TPSA) is 75.6 Å². The van der Waals surface area contributed by atoms with Crippen LogP contribution >= 0.6 is 0 Å². The van der Waals surface area contributed by atoms with Gasteiger partial charge in [0.15, 0.2) is 11.6 Å². The highest BCUT2D eigenvalue weighted by atomic mass is 16.5. The monoisotopic (exact) mass is 467 g/mol. The number of carbonyl (C=O) groups excluding carboxylic acids is 2. The molecule has 1 fully saturated rings. The van der Waals surface area contributed by atoms with E-state index in [-0.39, 0.29) is 41.5 Å². The van der Waals surface area contributed by atoms with Gasteiger partial charge in [0.1, 0.15) is 5.75 Å². The highest BCUT2D eigenvalue weighted by Gasteiger charge is 2.51. The fourth-order valence-electron chi connectivity index (χ4n) is 6.65. The highest BCUT2D eigenvalue weighted by molar-refractivity contribution is 6.15. The van der Waals surface area contributed by atoms with Crippen molar-refractivity contribution in [1.82, 2.24) is 5.32 Å². The van der Waals surface area contributed by atoms with Crippen LogP contribution in [0.25, 0.3) is 0 Å². The van der Waals surface area contributed by atoms with Gasteiger partial charge >= 0.3 is 0 Å². The number of carbonyl (C=O) groups is 2. The van der Waals surface area contributed by atoms with Crippen LogP contribution in [0.4, 0.5) is 0 Å². The SMILES string of the molecule is CCC1C(=O)C2=C(NC(CC3(CO)CCCC3)C2Cc2ccc(OC)cc2)C(CC(C)C)C1=O. The Bertz CT molecular complexity index is 926. The Morgan fingerprint density at radius 1 is 1.12 bits per heavy atom. The van der Waals surface area contributed by atoms with Gasteiger partial charge in [-0.1, -0.05) is 45.7 Å². The molecule has 0 bridgehead atoms. The maximum atomic E-state index is 13.7. The molecule has 3 aliphatic rings. The molecule has 0 spiro atoms. The molecule has 0 saturated heterocycles. The molecular formula is C29H41NO4. The summed E-state index contributed by atoms with van der Waals surface area (Å²) in [6.07, 6.45) is 7.26. The number of ketones is 2. The molecule has 1 aliphatic heterocycles. The molecule has 34 heavy (non-hydrogen) atoms. The third kappa shape index (κ3) is 4.68. The van der Waals surface area contributed by atoms with E-state index in [0.717, 1.165) is 67.5 Å². The van der Waals surface area contributed by atoms with Crippen molar-refractivity contribution in [2.24, 2.45) is 29.1 Å². The van der Waals surface area contributed by atoms with E-state index in [1.807, 2.05) is 19.1 Å². The van der Waals surface area contributed by atoms with Crippen LogP contribution in [0.15, 0.2) is 35.5 Å². The molecule has 4 unspecified atom stereocenters. The van der Waals surface area contributed by atoms with Crippen LogP contribution in [-0.2, 0) is 16.0 Å². The number of Topliss-reactive ketones (excluding diaryl/α,β-unsaturated/α-hetero) is 2. The van der Waals surface area contributed by atoms with E-state index >= 15 is 0 Å². The summed E-state index contributed by atoms with van der Waals surface area (Å²) in [6, 6.07) is 8.15. The average molecular weight is 468 g/mol. The number of methoxy groups -OCH3 is 1. The Balaban J connectivity index is 1.73. The number of aliphatic hydroxyl groups excluding tert-OH is 1. The van der Waals surface area contributed by atoms with Crippen molar-refractivity contribution in [3.63, 3.8) is 0 Å². The molecule has 4 atom stereocenters. The van der Waals surface area contributed by atoms with Gasteiger partial charge in [0, 0.05) is 29.8 Å². The maximum absolute atomic E-state index is 13.7. The molecule has 1 aromatic rings. The third-order valence-electron chi connectivity index (χ3n) is 8.49. The lowest BCUT2D eigenvalue weighted by molar-refractivity contribution is -0.134. The minimum absolute atomic E-state index is 0.0109. The van der Waals surface area contributed by atoms with Crippen LogP contribution in [0.1, 0.15) is 71.3 Å². The Morgan fingerprint density at radius 3 is 2.35 bits per heavy atom. The van der Waals surface area contributed by atoms with E-state index in [1.165, 1.54) is 0 Å².